The minimum absolute atomic E-state index is 0.0556. The average molecular weight is 262 g/mol. The first-order valence-corrected chi connectivity index (χ1v) is 7.05. The first-order valence-electron chi connectivity index (χ1n) is 7.05. The van der Waals surface area contributed by atoms with Crippen molar-refractivity contribution < 1.29 is 17.9 Å². The topological polar surface area (TPSA) is 9.23 Å². The number of ether oxygens (including phenoxy) is 1. The third-order valence-corrected chi connectivity index (χ3v) is 5.44. The van der Waals surface area contributed by atoms with Crippen molar-refractivity contribution in [2.75, 3.05) is 6.61 Å². The van der Waals surface area contributed by atoms with Gasteiger partial charge in [0.1, 0.15) is 6.61 Å². The summed E-state index contributed by atoms with van der Waals surface area (Å²) < 4.78 is 42.0. The summed E-state index contributed by atoms with van der Waals surface area (Å²) in [6.07, 6.45) is 2.78. The Morgan fingerprint density at radius 2 is 1.50 bits per heavy atom. The van der Waals surface area contributed by atoms with Gasteiger partial charge in [0.2, 0.25) is 0 Å². The van der Waals surface area contributed by atoms with Crippen molar-refractivity contribution >= 4 is 0 Å². The summed E-state index contributed by atoms with van der Waals surface area (Å²) in [6.45, 7) is 0.773. The van der Waals surface area contributed by atoms with Crippen molar-refractivity contribution in [2.45, 2.75) is 57.7 Å². The highest BCUT2D eigenvalue weighted by Crippen LogP contribution is 2.61. The van der Waals surface area contributed by atoms with Gasteiger partial charge in [-0.05, 0) is 68.6 Å². The predicted molar refractivity (Wildman–Crippen MR) is 62.1 cm³/mol. The van der Waals surface area contributed by atoms with Gasteiger partial charge >= 0.3 is 6.18 Å². The second-order valence-corrected chi connectivity index (χ2v) is 6.85. The molecule has 18 heavy (non-hydrogen) atoms. The van der Waals surface area contributed by atoms with E-state index in [0.29, 0.717) is 0 Å². The molecule has 0 N–H and O–H groups in total. The van der Waals surface area contributed by atoms with Crippen LogP contribution in [-0.4, -0.2) is 18.9 Å². The molecular formula is C14H21F3O. The van der Waals surface area contributed by atoms with Crippen LogP contribution in [0.3, 0.4) is 0 Å². The van der Waals surface area contributed by atoms with Crippen molar-refractivity contribution in [2.24, 2.45) is 23.2 Å². The van der Waals surface area contributed by atoms with E-state index in [1.54, 1.807) is 0 Å². The van der Waals surface area contributed by atoms with Gasteiger partial charge in [-0.25, -0.2) is 0 Å². The maximum absolute atomic E-state index is 12.3. The molecule has 0 aromatic heterocycles. The van der Waals surface area contributed by atoms with Crippen LogP contribution < -0.4 is 0 Å². The maximum Gasteiger partial charge on any atom is 0.411 e. The van der Waals surface area contributed by atoms with Crippen molar-refractivity contribution in [3.05, 3.63) is 0 Å². The lowest BCUT2D eigenvalue weighted by Gasteiger charge is -2.58. The maximum atomic E-state index is 12.3. The molecule has 0 heterocycles. The predicted octanol–water partition coefficient (Wildman–Crippen LogP) is 4.17. The van der Waals surface area contributed by atoms with E-state index in [1.807, 2.05) is 6.92 Å². The Bertz CT molecular complexity index is 288. The van der Waals surface area contributed by atoms with Gasteiger partial charge in [0, 0.05) is 0 Å². The van der Waals surface area contributed by atoms with E-state index in [-0.39, 0.29) is 11.5 Å². The summed E-state index contributed by atoms with van der Waals surface area (Å²) in [5.74, 6) is 2.27. The second kappa shape index (κ2) is 4.12. The smallest absolute Gasteiger partial charge is 0.369 e. The van der Waals surface area contributed by atoms with Crippen LogP contribution in [0.4, 0.5) is 13.2 Å². The molecule has 0 radical (unpaired) electrons. The van der Waals surface area contributed by atoms with E-state index < -0.39 is 12.8 Å². The highest BCUT2D eigenvalue weighted by molar-refractivity contribution is 5.03. The Hall–Kier alpha value is -0.250. The van der Waals surface area contributed by atoms with Crippen LogP contribution in [0.15, 0.2) is 0 Å². The normalized spacial score (nSPS) is 44.3. The van der Waals surface area contributed by atoms with Crippen LogP contribution >= 0.6 is 0 Å². The van der Waals surface area contributed by atoms with Crippen molar-refractivity contribution in [1.82, 2.24) is 0 Å². The van der Waals surface area contributed by atoms with E-state index in [4.69, 9.17) is 4.74 Å². The minimum atomic E-state index is -4.20. The summed E-state index contributed by atoms with van der Waals surface area (Å²) in [6, 6.07) is 0. The molecule has 4 aliphatic carbocycles. The van der Waals surface area contributed by atoms with Crippen molar-refractivity contribution in [3.8, 4) is 0 Å². The monoisotopic (exact) mass is 262 g/mol. The Labute approximate surface area is 106 Å². The second-order valence-electron chi connectivity index (χ2n) is 6.85. The lowest BCUT2D eigenvalue weighted by atomic mass is 9.48. The van der Waals surface area contributed by atoms with Gasteiger partial charge in [0.25, 0.3) is 0 Å². The molecule has 4 rings (SSSR count). The molecule has 0 amide bonds. The number of alkyl halides is 3. The summed E-state index contributed by atoms with van der Waals surface area (Å²) in [5, 5.41) is 0. The van der Waals surface area contributed by atoms with Crippen LogP contribution in [0.25, 0.3) is 0 Å². The Kier molecular flexibility index (Phi) is 2.92. The zero-order valence-corrected chi connectivity index (χ0v) is 10.8. The number of hydrogen-bond acceptors (Lipinski definition) is 1. The van der Waals surface area contributed by atoms with Gasteiger partial charge in [-0.15, -0.1) is 0 Å². The molecule has 0 aromatic rings. The highest BCUT2D eigenvalue weighted by atomic mass is 19.4. The molecule has 4 bridgehead atoms. The summed E-state index contributed by atoms with van der Waals surface area (Å²) in [4.78, 5) is 0. The molecule has 0 spiro atoms. The van der Waals surface area contributed by atoms with Crippen LogP contribution in [-0.2, 0) is 4.74 Å². The van der Waals surface area contributed by atoms with Gasteiger partial charge in [-0.3, -0.25) is 0 Å². The quantitative estimate of drug-likeness (QED) is 0.741. The molecule has 4 aliphatic rings. The Morgan fingerprint density at radius 3 is 1.89 bits per heavy atom. The fourth-order valence-corrected chi connectivity index (χ4v) is 5.07. The minimum Gasteiger partial charge on any atom is -0.369 e. The van der Waals surface area contributed by atoms with E-state index in [9.17, 15) is 13.2 Å². The largest absolute Gasteiger partial charge is 0.411 e. The average Bonchev–Trinajstić information content (AvgIpc) is 2.22. The van der Waals surface area contributed by atoms with Crippen molar-refractivity contribution in [3.63, 3.8) is 0 Å². The zero-order chi connectivity index (χ0) is 13.0. The van der Waals surface area contributed by atoms with Crippen LogP contribution in [0, 0.1) is 23.2 Å². The third-order valence-electron chi connectivity index (χ3n) is 5.44. The van der Waals surface area contributed by atoms with Gasteiger partial charge in [0.15, 0.2) is 0 Å². The molecule has 0 aromatic carbocycles. The molecule has 4 saturated carbocycles. The highest BCUT2D eigenvalue weighted by Gasteiger charge is 2.53. The summed E-state index contributed by atoms with van der Waals surface area (Å²) in [5.41, 5.74) is 0.0556. The van der Waals surface area contributed by atoms with E-state index >= 15 is 0 Å². The van der Waals surface area contributed by atoms with Gasteiger partial charge in [-0.1, -0.05) is 0 Å². The van der Waals surface area contributed by atoms with Crippen LogP contribution in [0.5, 0.6) is 0 Å². The van der Waals surface area contributed by atoms with Gasteiger partial charge in [-0.2, -0.15) is 13.2 Å². The molecule has 0 saturated heterocycles. The SMILES string of the molecule is CC(OCC(F)(F)F)C12CC3CC(CC(C3)C1)C2. The number of halogens is 3. The summed E-state index contributed by atoms with van der Waals surface area (Å²) in [7, 11) is 0. The molecule has 0 aliphatic heterocycles. The fraction of sp³-hybridized carbons (Fsp3) is 1.00. The molecule has 1 nitrogen and oxygen atoms in total. The van der Waals surface area contributed by atoms with E-state index in [2.05, 4.69) is 0 Å². The van der Waals surface area contributed by atoms with Gasteiger partial charge in [0.05, 0.1) is 6.10 Å². The van der Waals surface area contributed by atoms with Crippen LogP contribution in [0.1, 0.15) is 45.4 Å². The molecule has 1 atom stereocenters. The van der Waals surface area contributed by atoms with Crippen LogP contribution in [0.2, 0.25) is 0 Å². The zero-order valence-electron chi connectivity index (χ0n) is 10.8. The van der Waals surface area contributed by atoms with E-state index in [0.717, 1.165) is 37.0 Å². The van der Waals surface area contributed by atoms with E-state index in [1.165, 1.54) is 19.3 Å². The lowest BCUT2D eigenvalue weighted by molar-refractivity contribution is -0.211. The molecular weight excluding hydrogens is 241 g/mol. The molecule has 1 unspecified atom stereocenters. The molecule has 4 heteroatoms. The summed E-state index contributed by atoms with van der Waals surface area (Å²) >= 11 is 0. The number of rotatable bonds is 3. The first kappa shape index (κ1) is 12.8. The van der Waals surface area contributed by atoms with Gasteiger partial charge < -0.3 is 4.74 Å². The fourth-order valence-electron chi connectivity index (χ4n) is 5.07. The Balaban J connectivity index is 1.67. The molecule has 104 valence electrons. The molecule has 4 fully saturated rings. The Morgan fingerprint density at radius 1 is 1.06 bits per heavy atom. The third kappa shape index (κ3) is 2.28. The lowest BCUT2D eigenvalue weighted by Crippen LogP contribution is -2.52. The van der Waals surface area contributed by atoms with Crippen molar-refractivity contribution in [1.29, 1.82) is 0 Å². The number of hydrogen-bond donors (Lipinski definition) is 0. The standard InChI is InChI=1S/C14H21F3O/c1-9(18-8-14(15,16)17)13-5-10-2-11(6-13)4-12(3-10)7-13/h9-12H,2-8H2,1H3. The first-order chi connectivity index (χ1) is 8.36.